The fourth-order valence-corrected chi connectivity index (χ4v) is 4.02. The maximum absolute atomic E-state index is 12.7. The molecule has 8 nitrogen and oxygen atoms in total. The summed E-state index contributed by atoms with van der Waals surface area (Å²) in [7, 11) is -3.66. The third-order valence-corrected chi connectivity index (χ3v) is 5.87. The van der Waals surface area contributed by atoms with Gasteiger partial charge in [-0.1, -0.05) is 13.0 Å². The SMILES string of the molecule is CCCOc1ccc(N(CC(=O)NC(C)c2ccc3c(c2)OCCO3)S(C)(=O)=O)cc1. The van der Waals surface area contributed by atoms with Crippen molar-refractivity contribution in [3.8, 4) is 17.2 Å². The molecule has 1 amide bonds. The molecule has 0 radical (unpaired) electrons. The number of amides is 1. The molecule has 31 heavy (non-hydrogen) atoms. The zero-order chi connectivity index (χ0) is 22.4. The molecule has 0 spiro atoms. The summed E-state index contributed by atoms with van der Waals surface area (Å²) in [6.45, 7) is 5.06. The second kappa shape index (κ2) is 9.91. The van der Waals surface area contributed by atoms with Gasteiger partial charge in [0.15, 0.2) is 11.5 Å². The van der Waals surface area contributed by atoms with Crippen LogP contribution in [0.3, 0.4) is 0 Å². The van der Waals surface area contributed by atoms with E-state index in [-0.39, 0.29) is 12.6 Å². The lowest BCUT2D eigenvalue weighted by molar-refractivity contribution is -0.120. The van der Waals surface area contributed by atoms with Gasteiger partial charge in [-0.15, -0.1) is 0 Å². The Bertz CT molecular complexity index is 1010. The van der Waals surface area contributed by atoms with Crippen LogP contribution in [0, 0.1) is 0 Å². The molecular weight excluding hydrogens is 420 g/mol. The van der Waals surface area contributed by atoms with E-state index in [1.807, 2.05) is 26.0 Å². The molecular formula is C22H28N2O6S. The molecule has 2 aromatic rings. The molecule has 0 fully saturated rings. The van der Waals surface area contributed by atoms with Gasteiger partial charge in [-0.05, 0) is 55.3 Å². The predicted molar refractivity (Wildman–Crippen MR) is 118 cm³/mol. The Morgan fingerprint density at radius 3 is 2.45 bits per heavy atom. The molecule has 3 rings (SSSR count). The predicted octanol–water partition coefficient (Wildman–Crippen LogP) is 2.89. The second-order valence-electron chi connectivity index (χ2n) is 7.30. The normalized spacial score (nSPS) is 13.9. The molecule has 1 aliphatic heterocycles. The van der Waals surface area contributed by atoms with Crippen molar-refractivity contribution in [2.75, 3.05) is 36.9 Å². The average molecular weight is 449 g/mol. The summed E-state index contributed by atoms with van der Waals surface area (Å²) < 4.78 is 42.4. The molecule has 0 aliphatic carbocycles. The summed E-state index contributed by atoms with van der Waals surface area (Å²) in [5.74, 6) is 1.53. The van der Waals surface area contributed by atoms with Crippen LogP contribution in [0.2, 0.25) is 0 Å². The fraction of sp³-hybridized carbons (Fsp3) is 0.409. The zero-order valence-electron chi connectivity index (χ0n) is 18.0. The molecule has 168 valence electrons. The lowest BCUT2D eigenvalue weighted by Crippen LogP contribution is -2.41. The molecule has 1 atom stereocenters. The van der Waals surface area contributed by atoms with Crippen LogP contribution in [0.4, 0.5) is 5.69 Å². The largest absolute Gasteiger partial charge is 0.494 e. The van der Waals surface area contributed by atoms with Crippen LogP contribution in [0.25, 0.3) is 0 Å². The summed E-state index contributed by atoms with van der Waals surface area (Å²) in [6, 6.07) is 11.8. The van der Waals surface area contributed by atoms with E-state index in [4.69, 9.17) is 14.2 Å². The minimum absolute atomic E-state index is 0.330. The highest BCUT2D eigenvalue weighted by Crippen LogP contribution is 2.32. The van der Waals surface area contributed by atoms with Crippen LogP contribution in [-0.2, 0) is 14.8 Å². The van der Waals surface area contributed by atoms with Crippen molar-refractivity contribution in [1.29, 1.82) is 0 Å². The Labute approximate surface area is 183 Å². The molecule has 0 saturated carbocycles. The molecule has 2 aromatic carbocycles. The van der Waals surface area contributed by atoms with Gasteiger partial charge in [0.05, 0.1) is 24.6 Å². The van der Waals surface area contributed by atoms with Gasteiger partial charge in [-0.2, -0.15) is 0 Å². The highest BCUT2D eigenvalue weighted by molar-refractivity contribution is 7.92. The average Bonchev–Trinajstić information content (AvgIpc) is 2.75. The number of anilines is 1. The van der Waals surface area contributed by atoms with Crippen LogP contribution in [0.15, 0.2) is 42.5 Å². The van der Waals surface area contributed by atoms with E-state index in [1.165, 1.54) is 0 Å². The Hall–Kier alpha value is -2.94. The number of rotatable bonds is 9. The number of carbonyl (C=O) groups is 1. The molecule has 1 heterocycles. The Morgan fingerprint density at radius 2 is 1.81 bits per heavy atom. The zero-order valence-corrected chi connectivity index (χ0v) is 18.8. The highest BCUT2D eigenvalue weighted by atomic mass is 32.2. The number of nitrogens with zero attached hydrogens (tertiary/aromatic N) is 1. The third kappa shape index (κ3) is 6.04. The minimum Gasteiger partial charge on any atom is -0.494 e. The van der Waals surface area contributed by atoms with Crippen molar-refractivity contribution >= 4 is 21.6 Å². The van der Waals surface area contributed by atoms with E-state index in [0.717, 1.165) is 22.5 Å². The van der Waals surface area contributed by atoms with Crippen LogP contribution in [-0.4, -0.2) is 46.9 Å². The number of hydrogen-bond donors (Lipinski definition) is 1. The van der Waals surface area contributed by atoms with Crippen molar-refractivity contribution in [3.05, 3.63) is 48.0 Å². The van der Waals surface area contributed by atoms with E-state index in [2.05, 4.69) is 5.32 Å². The first-order chi connectivity index (χ1) is 14.8. The van der Waals surface area contributed by atoms with Crippen molar-refractivity contribution in [1.82, 2.24) is 5.32 Å². The van der Waals surface area contributed by atoms with Crippen LogP contribution in [0.5, 0.6) is 17.2 Å². The van der Waals surface area contributed by atoms with Gasteiger partial charge >= 0.3 is 0 Å². The first-order valence-electron chi connectivity index (χ1n) is 10.2. The molecule has 0 aromatic heterocycles. The molecule has 1 unspecified atom stereocenters. The monoisotopic (exact) mass is 448 g/mol. The lowest BCUT2D eigenvalue weighted by atomic mass is 10.1. The first-order valence-corrected chi connectivity index (χ1v) is 12.0. The molecule has 1 N–H and O–H groups in total. The fourth-order valence-electron chi connectivity index (χ4n) is 3.16. The summed E-state index contributed by atoms with van der Waals surface area (Å²) in [4.78, 5) is 12.7. The number of fused-ring (bicyclic) bond motifs is 1. The Kier molecular flexibility index (Phi) is 7.27. The minimum atomic E-state index is -3.66. The summed E-state index contributed by atoms with van der Waals surface area (Å²) in [5, 5.41) is 2.85. The molecule has 1 aliphatic rings. The summed E-state index contributed by atoms with van der Waals surface area (Å²) >= 11 is 0. The van der Waals surface area contributed by atoms with Crippen molar-refractivity contribution < 1.29 is 27.4 Å². The number of ether oxygens (including phenoxy) is 3. The second-order valence-corrected chi connectivity index (χ2v) is 9.21. The summed E-state index contributed by atoms with van der Waals surface area (Å²) in [5.41, 5.74) is 1.23. The Balaban J connectivity index is 1.68. The number of sulfonamides is 1. The van der Waals surface area contributed by atoms with Gasteiger partial charge in [0, 0.05) is 0 Å². The number of hydrogen-bond acceptors (Lipinski definition) is 6. The van der Waals surface area contributed by atoms with Crippen molar-refractivity contribution in [3.63, 3.8) is 0 Å². The van der Waals surface area contributed by atoms with Gasteiger partial charge in [-0.25, -0.2) is 8.42 Å². The van der Waals surface area contributed by atoms with Gasteiger partial charge in [0.2, 0.25) is 15.9 Å². The maximum Gasteiger partial charge on any atom is 0.241 e. The number of benzene rings is 2. The van der Waals surface area contributed by atoms with Crippen molar-refractivity contribution in [2.45, 2.75) is 26.3 Å². The van der Waals surface area contributed by atoms with Gasteiger partial charge < -0.3 is 19.5 Å². The quantitative estimate of drug-likeness (QED) is 0.634. The van der Waals surface area contributed by atoms with E-state index in [9.17, 15) is 13.2 Å². The van der Waals surface area contributed by atoms with Crippen molar-refractivity contribution in [2.24, 2.45) is 0 Å². The maximum atomic E-state index is 12.7. The van der Waals surface area contributed by atoms with Gasteiger partial charge in [0.1, 0.15) is 25.5 Å². The molecule has 0 bridgehead atoms. The topological polar surface area (TPSA) is 94.2 Å². The highest BCUT2D eigenvalue weighted by Gasteiger charge is 2.22. The van der Waals surface area contributed by atoms with Crippen LogP contribution in [0.1, 0.15) is 31.9 Å². The number of nitrogens with one attached hydrogen (secondary N) is 1. The molecule has 9 heteroatoms. The van der Waals surface area contributed by atoms with Crippen LogP contribution < -0.4 is 23.8 Å². The van der Waals surface area contributed by atoms with E-state index < -0.39 is 15.9 Å². The third-order valence-electron chi connectivity index (χ3n) is 4.73. The number of carbonyl (C=O) groups excluding carboxylic acids is 1. The first kappa shape index (κ1) is 22.7. The standard InChI is InChI=1S/C22H28N2O6S/c1-4-11-28-19-8-6-18(7-9-19)24(31(3,26)27)15-22(25)23-16(2)17-5-10-20-21(14-17)30-13-12-29-20/h5-10,14,16H,4,11-13,15H2,1-3H3,(H,23,25). The van der Waals surface area contributed by atoms with Crippen LogP contribution >= 0.6 is 0 Å². The Morgan fingerprint density at radius 1 is 1.13 bits per heavy atom. The van der Waals surface area contributed by atoms with E-state index in [0.29, 0.717) is 42.8 Å². The molecule has 0 saturated heterocycles. The van der Waals surface area contributed by atoms with E-state index >= 15 is 0 Å². The smallest absolute Gasteiger partial charge is 0.241 e. The van der Waals surface area contributed by atoms with Gasteiger partial charge in [0.25, 0.3) is 0 Å². The summed E-state index contributed by atoms with van der Waals surface area (Å²) in [6.07, 6.45) is 1.95. The van der Waals surface area contributed by atoms with E-state index in [1.54, 1.807) is 30.3 Å². The van der Waals surface area contributed by atoms with Gasteiger partial charge in [-0.3, -0.25) is 9.10 Å². The lowest BCUT2D eigenvalue weighted by Gasteiger charge is -2.24.